The summed E-state index contributed by atoms with van der Waals surface area (Å²) in [6, 6.07) is 5.94. The Labute approximate surface area is 126 Å². The van der Waals surface area contributed by atoms with Crippen LogP contribution in [0.4, 0.5) is 0 Å². The van der Waals surface area contributed by atoms with Crippen molar-refractivity contribution in [3.8, 4) is 5.75 Å². The highest BCUT2D eigenvalue weighted by molar-refractivity contribution is 14.1. The molecule has 1 aromatic carbocycles. The molecule has 0 saturated heterocycles. The molecule has 0 saturated carbocycles. The molecule has 3 nitrogen and oxygen atoms in total. The van der Waals surface area contributed by atoms with E-state index >= 15 is 0 Å². The zero-order valence-electron chi connectivity index (χ0n) is 9.25. The topological polar surface area (TPSA) is 39.2 Å². The van der Waals surface area contributed by atoms with E-state index in [2.05, 4.69) is 50.2 Å². The summed E-state index contributed by atoms with van der Waals surface area (Å²) in [5.41, 5.74) is 1.65. The minimum atomic E-state index is -0.325. The van der Waals surface area contributed by atoms with Crippen LogP contribution in [0.3, 0.4) is 0 Å². The first-order valence-electron chi connectivity index (χ1n) is 4.93. The molecule has 0 unspecified atom stereocenters. The first-order chi connectivity index (χ1) is 7.99. The molecule has 1 heterocycles. The normalized spacial score (nSPS) is 10.6. The van der Waals surface area contributed by atoms with Crippen molar-refractivity contribution in [2.75, 3.05) is 0 Å². The number of halogens is 2. The zero-order chi connectivity index (χ0) is 12.6. The fraction of sp³-hybridized carbons (Fsp3) is 0.167. The summed E-state index contributed by atoms with van der Waals surface area (Å²) < 4.78 is 7.25. The van der Waals surface area contributed by atoms with Gasteiger partial charge in [0.1, 0.15) is 5.52 Å². The summed E-state index contributed by atoms with van der Waals surface area (Å²) in [7, 11) is 0. The summed E-state index contributed by atoms with van der Waals surface area (Å²) >= 11 is 4.42. The second-order valence-corrected chi connectivity index (χ2v) is 5.94. The Morgan fingerprint density at radius 3 is 2.65 bits per heavy atom. The summed E-state index contributed by atoms with van der Waals surface area (Å²) in [5.74, 6) is 0.228. The number of aryl methyl sites for hydroxylation is 1. The Morgan fingerprint density at radius 1 is 1.29 bits per heavy atom. The predicted molar refractivity (Wildman–Crippen MR) is 83.2 cm³/mol. The molecule has 0 bridgehead atoms. The number of nitrogens with zero attached hydrogens (tertiary/aromatic N) is 1. The highest BCUT2D eigenvalue weighted by Gasteiger charge is 2.13. The van der Waals surface area contributed by atoms with Gasteiger partial charge in [-0.1, -0.05) is 0 Å². The lowest BCUT2D eigenvalue weighted by molar-refractivity contribution is -0.131. The average Bonchev–Trinajstić information content (AvgIpc) is 2.23. The van der Waals surface area contributed by atoms with Gasteiger partial charge in [-0.2, -0.15) is 0 Å². The van der Waals surface area contributed by atoms with Gasteiger partial charge in [0, 0.05) is 21.6 Å². The van der Waals surface area contributed by atoms with Crippen LogP contribution in [0.5, 0.6) is 5.75 Å². The van der Waals surface area contributed by atoms with Crippen LogP contribution in [0, 0.1) is 14.1 Å². The van der Waals surface area contributed by atoms with Crippen molar-refractivity contribution in [3.63, 3.8) is 0 Å². The van der Waals surface area contributed by atoms with Crippen molar-refractivity contribution in [1.82, 2.24) is 4.98 Å². The van der Waals surface area contributed by atoms with E-state index in [0.717, 1.165) is 23.7 Å². The molecule has 0 aliphatic carbocycles. The Morgan fingerprint density at radius 2 is 2.00 bits per heavy atom. The van der Waals surface area contributed by atoms with Gasteiger partial charge in [0.2, 0.25) is 0 Å². The standard InChI is InChI=1S/C12H9I2NO2/c1-6-3-4-8-9(13)5-10(14)12(11(8)15-6)17-7(2)16/h3-5H,1-2H3. The number of carbonyl (C=O) groups excluding carboxylic acids is 1. The lowest BCUT2D eigenvalue weighted by atomic mass is 10.2. The third kappa shape index (κ3) is 2.70. The first-order valence-corrected chi connectivity index (χ1v) is 7.08. The molecule has 0 N–H and O–H groups in total. The SMILES string of the molecule is CC(=O)Oc1c(I)cc(I)c2ccc(C)nc12. The zero-order valence-corrected chi connectivity index (χ0v) is 13.6. The number of benzene rings is 1. The van der Waals surface area contributed by atoms with Crippen molar-refractivity contribution in [3.05, 3.63) is 31.0 Å². The molecule has 0 spiro atoms. The maximum atomic E-state index is 11.1. The van der Waals surface area contributed by atoms with Gasteiger partial charge in [0.05, 0.1) is 3.57 Å². The number of hydrogen-bond donors (Lipinski definition) is 0. The molecule has 88 valence electrons. The van der Waals surface area contributed by atoms with E-state index in [9.17, 15) is 4.79 Å². The van der Waals surface area contributed by atoms with Gasteiger partial charge in [-0.3, -0.25) is 4.79 Å². The van der Waals surface area contributed by atoms with E-state index in [1.54, 1.807) is 0 Å². The quantitative estimate of drug-likeness (QED) is 0.376. The number of hydrogen-bond acceptors (Lipinski definition) is 3. The number of carbonyl (C=O) groups is 1. The van der Waals surface area contributed by atoms with E-state index in [4.69, 9.17) is 4.74 Å². The van der Waals surface area contributed by atoms with Crippen LogP contribution in [-0.2, 0) is 4.79 Å². The molecule has 1 aromatic heterocycles. The van der Waals surface area contributed by atoms with Crippen LogP contribution >= 0.6 is 45.2 Å². The van der Waals surface area contributed by atoms with Crippen LogP contribution in [0.25, 0.3) is 10.9 Å². The Kier molecular flexibility index (Phi) is 3.86. The molecule has 0 aliphatic heterocycles. The Bertz CT molecular complexity index is 611. The molecule has 2 aromatic rings. The molecule has 0 radical (unpaired) electrons. The molecule has 0 fully saturated rings. The second kappa shape index (κ2) is 5.05. The minimum absolute atomic E-state index is 0.325. The molecular formula is C12H9I2NO2. The highest BCUT2D eigenvalue weighted by Crippen LogP contribution is 2.33. The Hall–Kier alpha value is -0.440. The van der Waals surface area contributed by atoms with E-state index in [0.29, 0.717) is 5.75 Å². The Balaban J connectivity index is 2.80. The van der Waals surface area contributed by atoms with Crippen molar-refractivity contribution in [2.45, 2.75) is 13.8 Å². The van der Waals surface area contributed by atoms with Crippen LogP contribution < -0.4 is 4.74 Å². The van der Waals surface area contributed by atoms with Crippen molar-refractivity contribution >= 4 is 62.1 Å². The minimum Gasteiger partial charge on any atom is -0.423 e. The third-order valence-electron chi connectivity index (χ3n) is 2.22. The van der Waals surface area contributed by atoms with Crippen LogP contribution in [0.15, 0.2) is 18.2 Å². The van der Waals surface area contributed by atoms with E-state index < -0.39 is 0 Å². The summed E-state index contributed by atoms with van der Waals surface area (Å²) in [6.07, 6.45) is 0. The third-order valence-corrected chi connectivity index (χ3v) is 3.92. The average molecular weight is 453 g/mol. The fourth-order valence-electron chi connectivity index (χ4n) is 1.53. The second-order valence-electron chi connectivity index (χ2n) is 3.61. The maximum Gasteiger partial charge on any atom is 0.308 e. The molecule has 5 heteroatoms. The molecule has 0 aliphatic rings. The molecular weight excluding hydrogens is 444 g/mol. The highest BCUT2D eigenvalue weighted by atomic mass is 127. The van der Waals surface area contributed by atoms with Crippen LogP contribution in [0.1, 0.15) is 12.6 Å². The van der Waals surface area contributed by atoms with E-state index in [1.807, 2.05) is 25.1 Å². The number of fused-ring (bicyclic) bond motifs is 1. The molecule has 17 heavy (non-hydrogen) atoms. The molecule has 2 rings (SSSR count). The number of rotatable bonds is 1. The monoisotopic (exact) mass is 453 g/mol. The van der Waals surface area contributed by atoms with Crippen molar-refractivity contribution in [1.29, 1.82) is 0 Å². The summed E-state index contributed by atoms with van der Waals surface area (Å²) in [5, 5.41) is 1.01. The van der Waals surface area contributed by atoms with Gasteiger partial charge < -0.3 is 4.74 Å². The lowest BCUT2D eigenvalue weighted by Gasteiger charge is -2.10. The predicted octanol–water partition coefficient (Wildman–Crippen LogP) is 3.68. The van der Waals surface area contributed by atoms with Gasteiger partial charge in [-0.25, -0.2) is 4.98 Å². The summed E-state index contributed by atoms with van der Waals surface area (Å²) in [4.78, 5) is 15.6. The molecule has 0 atom stereocenters. The van der Waals surface area contributed by atoms with Crippen LogP contribution in [-0.4, -0.2) is 11.0 Å². The number of pyridine rings is 1. The van der Waals surface area contributed by atoms with Crippen molar-refractivity contribution in [2.24, 2.45) is 0 Å². The molecule has 0 amide bonds. The maximum absolute atomic E-state index is 11.1. The first kappa shape index (κ1) is 13.0. The number of aromatic nitrogens is 1. The van der Waals surface area contributed by atoms with E-state index in [1.165, 1.54) is 6.92 Å². The largest absolute Gasteiger partial charge is 0.423 e. The number of esters is 1. The number of ether oxygens (including phenoxy) is 1. The van der Waals surface area contributed by atoms with Crippen LogP contribution in [0.2, 0.25) is 0 Å². The van der Waals surface area contributed by atoms with Gasteiger partial charge in [0.25, 0.3) is 0 Å². The van der Waals surface area contributed by atoms with Gasteiger partial charge in [0.15, 0.2) is 5.75 Å². The van der Waals surface area contributed by atoms with E-state index in [-0.39, 0.29) is 5.97 Å². The fourth-order valence-corrected chi connectivity index (χ4v) is 3.55. The van der Waals surface area contributed by atoms with Gasteiger partial charge >= 0.3 is 5.97 Å². The smallest absolute Gasteiger partial charge is 0.308 e. The van der Waals surface area contributed by atoms with Gasteiger partial charge in [-0.05, 0) is 70.3 Å². The van der Waals surface area contributed by atoms with Crippen molar-refractivity contribution < 1.29 is 9.53 Å². The van der Waals surface area contributed by atoms with Gasteiger partial charge in [-0.15, -0.1) is 0 Å². The summed E-state index contributed by atoms with van der Waals surface area (Å²) in [6.45, 7) is 3.32. The lowest BCUT2D eigenvalue weighted by Crippen LogP contribution is -2.05.